The zero-order valence-corrected chi connectivity index (χ0v) is 14.3. The van der Waals surface area contributed by atoms with Crippen LogP contribution in [0.1, 0.15) is 6.42 Å². The molecule has 3 fully saturated rings. The summed E-state index contributed by atoms with van der Waals surface area (Å²) >= 11 is 6.65. The van der Waals surface area contributed by atoms with Gasteiger partial charge in [0, 0.05) is 13.1 Å². The minimum atomic E-state index is -0.872. The number of fused-ring (bicyclic) bond motifs is 3. The molecular weight excluding hydrogens is 422 g/mol. The van der Waals surface area contributed by atoms with Crippen LogP contribution in [-0.2, 0) is 0 Å². The monoisotopic (exact) mass is 431 g/mol. The van der Waals surface area contributed by atoms with Gasteiger partial charge in [0.05, 0.1) is 21.0 Å². The summed E-state index contributed by atoms with van der Waals surface area (Å²) in [5, 5.41) is 19.2. The summed E-state index contributed by atoms with van der Waals surface area (Å²) in [5.41, 5.74) is 0.857. The van der Waals surface area contributed by atoms with Crippen molar-refractivity contribution in [2.45, 2.75) is 18.5 Å². The van der Waals surface area contributed by atoms with Crippen molar-refractivity contribution >= 4 is 55.1 Å². The number of aromatic hydroxyl groups is 1. The Bertz CT molecular complexity index is 781. The van der Waals surface area contributed by atoms with Crippen LogP contribution in [0.25, 0.3) is 11.1 Å². The van der Waals surface area contributed by atoms with Gasteiger partial charge < -0.3 is 19.5 Å². The van der Waals surface area contributed by atoms with Crippen LogP contribution in [0.2, 0.25) is 0 Å². The summed E-state index contributed by atoms with van der Waals surface area (Å²) in [6, 6.07) is 2.07. The quantitative estimate of drug-likeness (QED) is 0.719. The molecule has 9 heteroatoms. The summed E-state index contributed by atoms with van der Waals surface area (Å²) in [6.45, 7) is 1.10. The van der Waals surface area contributed by atoms with E-state index in [0.29, 0.717) is 39.1 Å². The minimum absolute atomic E-state index is 0.0185. The van der Waals surface area contributed by atoms with E-state index in [0.717, 1.165) is 6.42 Å². The van der Waals surface area contributed by atoms with E-state index in [-0.39, 0.29) is 17.8 Å². The average molecular weight is 433 g/mol. The van der Waals surface area contributed by atoms with Gasteiger partial charge in [0.1, 0.15) is 0 Å². The number of piperidine rings is 1. The first-order valence-electron chi connectivity index (χ1n) is 6.69. The normalized spacial score (nSPS) is 23.7. The minimum Gasteiger partial charge on any atom is -0.504 e. The SMILES string of the molecule is O=C(O)N1C2CC1CN(c1nc3c(O)c(Br)cc(Br)c3o1)C2. The number of halogens is 2. The van der Waals surface area contributed by atoms with Gasteiger partial charge in [0.25, 0.3) is 6.01 Å². The molecule has 1 aromatic heterocycles. The van der Waals surface area contributed by atoms with Gasteiger partial charge in [0.15, 0.2) is 16.8 Å². The van der Waals surface area contributed by atoms with Crippen LogP contribution < -0.4 is 4.90 Å². The highest BCUT2D eigenvalue weighted by atomic mass is 79.9. The van der Waals surface area contributed by atoms with E-state index < -0.39 is 6.09 Å². The van der Waals surface area contributed by atoms with Crippen LogP contribution in [0.4, 0.5) is 10.8 Å². The number of oxazole rings is 1. The standard InChI is InChI=1S/C13H11Br2N3O4/c14-7-2-8(15)11-9(10(7)19)16-12(22-11)17-3-5-1-6(4-17)18(5)13(20)21/h2,5-6,19H,1,3-4H2,(H,20,21). The number of phenols is 1. The second-order valence-electron chi connectivity index (χ2n) is 5.50. The molecule has 3 aliphatic rings. The predicted molar refractivity (Wildman–Crippen MR) is 85.3 cm³/mol. The van der Waals surface area contributed by atoms with E-state index in [2.05, 4.69) is 36.8 Å². The van der Waals surface area contributed by atoms with Gasteiger partial charge in [0.2, 0.25) is 0 Å². The fourth-order valence-corrected chi connectivity index (χ4v) is 4.42. The van der Waals surface area contributed by atoms with E-state index >= 15 is 0 Å². The Morgan fingerprint density at radius 2 is 2.00 bits per heavy atom. The van der Waals surface area contributed by atoms with Crippen LogP contribution >= 0.6 is 31.9 Å². The molecular formula is C13H11Br2N3O4. The lowest BCUT2D eigenvalue weighted by Gasteiger charge is -2.54. The molecule has 116 valence electrons. The van der Waals surface area contributed by atoms with Gasteiger partial charge in [-0.2, -0.15) is 4.98 Å². The lowest BCUT2D eigenvalue weighted by Crippen LogP contribution is -2.70. The zero-order valence-electron chi connectivity index (χ0n) is 11.2. The third-order valence-electron chi connectivity index (χ3n) is 4.22. The first-order chi connectivity index (χ1) is 10.5. The lowest BCUT2D eigenvalue weighted by molar-refractivity contribution is 0.0101. The Morgan fingerprint density at radius 3 is 2.64 bits per heavy atom. The number of aromatic nitrogens is 1. The van der Waals surface area contributed by atoms with Gasteiger partial charge in [-0.25, -0.2) is 4.79 Å². The first-order valence-corrected chi connectivity index (χ1v) is 8.28. The molecule has 22 heavy (non-hydrogen) atoms. The maximum absolute atomic E-state index is 11.1. The molecule has 1 aromatic carbocycles. The number of carbonyl (C=O) groups is 1. The third kappa shape index (κ3) is 1.91. The second-order valence-corrected chi connectivity index (χ2v) is 7.21. The van der Waals surface area contributed by atoms with Gasteiger partial charge >= 0.3 is 6.09 Å². The highest BCUT2D eigenvalue weighted by Gasteiger charge is 2.48. The van der Waals surface area contributed by atoms with Crippen molar-refractivity contribution in [1.82, 2.24) is 9.88 Å². The van der Waals surface area contributed by atoms with Gasteiger partial charge in [-0.15, -0.1) is 0 Å². The first kappa shape index (κ1) is 14.1. The van der Waals surface area contributed by atoms with Crippen LogP contribution in [0, 0.1) is 0 Å². The predicted octanol–water partition coefficient (Wildman–Crippen LogP) is 3.00. The Kier molecular flexibility index (Phi) is 3.06. The molecule has 1 amide bonds. The van der Waals surface area contributed by atoms with Crippen LogP contribution in [0.3, 0.4) is 0 Å². The molecule has 5 rings (SSSR count). The van der Waals surface area contributed by atoms with Crippen molar-refractivity contribution in [3.63, 3.8) is 0 Å². The number of piperazine rings is 1. The fraction of sp³-hybridized carbons (Fsp3) is 0.385. The van der Waals surface area contributed by atoms with E-state index in [1.165, 1.54) is 4.90 Å². The van der Waals surface area contributed by atoms with Crippen molar-refractivity contribution in [1.29, 1.82) is 0 Å². The van der Waals surface area contributed by atoms with E-state index in [4.69, 9.17) is 9.52 Å². The Balaban J connectivity index is 1.68. The highest BCUT2D eigenvalue weighted by molar-refractivity contribution is 9.11. The third-order valence-corrected chi connectivity index (χ3v) is 5.41. The summed E-state index contributed by atoms with van der Waals surface area (Å²) in [5.74, 6) is 0.0301. The number of rotatable bonds is 1. The molecule has 2 aromatic rings. The molecule has 0 saturated carbocycles. The van der Waals surface area contributed by atoms with Gasteiger partial charge in [-0.3, -0.25) is 4.90 Å². The summed E-state index contributed by atoms with van der Waals surface area (Å²) < 4.78 is 6.99. The van der Waals surface area contributed by atoms with Crippen LogP contribution in [0.15, 0.2) is 19.4 Å². The van der Waals surface area contributed by atoms with E-state index in [1.807, 2.05) is 4.90 Å². The van der Waals surface area contributed by atoms with Crippen molar-refractivity contribution in [3.05, 3.63) is 15.0 Å². The topological polar surface area (TPSA) is 90.0 Å². The maximum Gasteiger partial charge on any atom is 0.407 e. The molecule has 0 spiro atoms. The number of carboxylic acid groups (broad SMARTS) is 1. The number of hydrogen-bond acceptors (Lipinski definition) is 5. The average Bonchev–Trinajstić information content (AvgIpc) is 2.90. The number of nitrogens with zero attached hydrogens (tertiary/aromatic N) is 3. The summed E-state index contributed by atoms with van der Waals surface area (Å²) in [7, 11) is 0. The summed E-state index contributed by atoms with van der Waals surface area (Å²) in [6.07, 6.45) is 0.00607. The second kappa shape index (κ2) is 4.76. The molecule has 0 radical (unpaired) electrons. The Morgan fingerprint density at radius 1 is 1.32 bits per heavy atom. The number of phenolic OH excluding ortho intramolecular Hbond substituents is 1. The molecule has 3 aliphatic heterocycles. The molecule has 2 unspecified atom stereocenters. The van der Waals surface area contributed by atoms with Crippen molar-refractivity contribution in [2.24, 2.45) is 0 Å². The summed E-state index contributed by atoms with van der Waals surface area (Å²) in [4.78, 5) is 18.9. The molecule has 2 atom stereocenters. The molecule has 0 aliphatic carbocycles. The van der Waals surface area contributed by atoms with Gasteiger partial charge in [-0.1, -0.05) is 0 Å². The molecule has 2 bridgehead atoms. The molecule has 7 nitrogen and oxygen atoms in total. The Labute approximate surface area is 141 Å². The largest absolute Gasteiger partial charge is 0.504 e. The van der Waals surface area contributed by atoms with Gasteiger partial charge in [-0.05, 0) is 44.3 Å². The van der Waals surface area contributed by atoms with Crippen LogP contribution in [-0.4, -0.2) is 51.4 Å². The lowest BCUT2D eigenvalue weighted by atomic mass is 9.88. The fourth-order valence-electron chi connectivity index (χ4n) is 3.20. The maximum atomic E-state index is 11.1. The van der Waals surface area contributed by atoms with E-state index in [9.17, 15) is 9.90 Å². The van der Waals surface area contributed by atoms with Crippen molar-refractivity contribution < 1.29 is 19.4 Å². The highest BCUT2D eigenvalue weighted by Crippen LogP contribution is 2.41. The smallest absolute Gasteiger partial charge is 0.407 e. The van der Waals surface area contributed by atoms with Crippen LogP contribution in [0.5, 0.6) is 5.75 Å². The molecule has 4 heterocycles. The van der Waals surface area contributed by atoms with E-state index in [1.54, 1.807) is 6.07 Å². The molecule has 3 saturated heterocycles. The molecule has 2 N–H and O–H groups in total. The number of benzene rings is 1. The van der Waals surface area contributed by atoms with Crippen molar-refractivity contribution in [3.8, 4) is 5.75 Å². The number of anilines is 1. The van der Waals surface area contributed by atoms with Crippen molar-refractivity contribution in [2.75, 3.05) is 18.0 Å². The number of amides is 1. The zero-order chi connectivity index (χ0) is 15.6. The number of hydrogen-bond donors (Lipinski definition) is 2. The Hall–Kier alpha value is -1.48.